The van der Waals surface area contributed by atoms with Gasteiger partial charge >= 0.3 is 0 Å². The first-order valence-corrected chi connectivity index (χ1v) is 3.59. The third-order valence-corrected chi connectivity index (χ3v) is 1.25. The van der Waals surface area contributed by atoms with Crippen LogP contribution in [0.25, 0.3) is 13.2 Å². The van der Waals surface area contributed by atoms with Crippen LogP contribution in [0, 0.1) is 0 Å². The fraction of sp³-hybridized carbons (Fsp3) is 0. The van der Waals surface area contributed by atoms with Gasteiger partial charge in [0.1, 0.15) is 0 Å². The SMILES string of the molecule is C=c1ccccc(=C)nncc1. The average molecular weight is 158 g/mol. The molecule has 0 saturated carbocycles. The minimum absolute atomic E-state index is 0.636. The van der Waals surface area contributed by atoms with Gasteiger partial charge in [0.2, 0.25) is 0 Å². The van der Waals surface area contributed by atoms with Crippen LogP contribution in [0.4, 0.5) is 0 Å². The summed E-state index contributed by atoms with van der Waals surface area (Å²) in [6.45, 7) is 7.45. The van der Waals surface area contributed by atoms with Crippen LogP contribution in [0.3, 0.4) is 0 Å². The Morgan fingerprint density at radius 2 is 1.75 bits per heavy atom. The molecule has 0 amide bonds. The molecule has 0 aliphatic carbocycles. The van der Waals surface area contributed by atoms with E-state index in [2.05, 4.69) is 23.4 Å². The Labute approximate surface area is 71.2 Å². The monoisotopic (exact) mass is 158 g/mol. The number of hydrogen-bond acceptors (Lipinski definition) is 2. The van der Waals surface area contributed by atoms with E-state index in [1.165, 1.54) is 0 Å². The summed E-state index contributed by atoms with van der Waals surface area (Å²) >= 11 is 0. The highest BCUT2D eigenvalue weighted by Crippen LogP contribution is 1.65. The first kappa shape index (κ1) is 8.40. The van der Waals surface area contributed by atoms with Crippen molar-refractivity contribution in [2.24, 2.45) is 0 Å². The van der Waals surface area contributed by atoms with E-state index in [0.29, 0.717) is 5.35 Å². The van der Waals surface area contributed by atoms with Crippen LogP contribution in [0.15, 0.2) is 36.5 Å². The molecule has 60 valence electrons. The van der Waals surface area contributed by atoms with Crippen LogP contribution in [0.1, 0.15) is 0 Å². The van der Waals surface area contributed by atoms with Crippen LogP contribution in [0.5, 0.6) is 0 Å². The minimum Gasteiger partial charge on any atom is -0.159 e. The minimum atomic E-state index is 0.636. The summed E-state index contributed by atoms with van der Waals surface area (Å²) in [5, 5.41) is 9.10. The molecule has 0 aromatic carbocycles. The summed E-state index contributed by atoms with van der Waals surface area (Å²) in [6, 6.07) is 9.20. The van der Waals surface area contributed by atoms with Gasteiger partial charge in [-0.05, 0) is 17.4 Å². The lowest BCUT2D eigenvalue weighted by Gasteiger charge is -1.75. The van der Waals surface area contributed by atoms with E-state index in [0.717, 1.165) is 5.22 Å². The van der Waals surface area contributed by atoms with E-state index in [9.17, 15) is 0 Å². The lowest BCUT2D eigenvalue weighted by Crippen LogP contribution is -2.01. The number of rotatable bonds is 0. The van der Waals surface area contributed by atoms with Crippen molar-refractivity contribution in [2.45, 2.75) is 0 Å². The Balaban J connectivity index is 3.37. The molecular weight excluding hydrogens is 148 g/mol. The van der Waals surface area contributed by atoms with Gasteiger partial charge in [-0.25, -0.2) is 0 Å². The van der Waals surface area contributed by atoms with Crippen LogP contribution in [-0.2, 0) is 0 Å². The molecule has 0 saturated heterocycles. The molecule has 0 radical (unpaired) electrons. The molecule has 0 spiro atoms. The summed E-state index contributed by atoms with van der Waals surface area (Å²) in [5.41, 5.74) is 0. The van der Waals surface area contributed by atoms with Crippen LogP contribution >= 0.6 is 0 Å². The summed E-state index contributed by atoms with van der Waals surface area (Å²) in [5.74, 6) is 0. The molecule has 2 nitrogen and oxygen atoms in total. The zero-order valence-corrected chi connectivity index (χ0v) is 6.77. The quantitative estimate of drug-likeness (QED) is 0.547. The number of aromatic nitrogens is 2. The molecule has 1 aromatic rings. The molecule has 1 aromatic heterocycles. The molecular formula is C10H10N2. The van der Waals surface area contributed by atoms with Crippen LogP contribution in [0.2, 0.25) is 0 Å². The average Bonchev–Trinajstić information content (AvgIpc) is 2.06. The Kier molecular flexibility index (Phi) is 2.96. The lowest BCUT2D eigenvalue weighted by molar-refractivity contribution is 1.01. The van der Waals surface area contributed by atoms with Gasteiger partial charge in [0, 0.05) is 0 Å². The fourth-order valence-electron chi connectivity index (χ4n) is 0.671. The summed E-state index contributed by atoms with van der Waals surface area (Å²) in [4.78, 5) is 0. The predicted molar refractivity (Wildman–Crippen MR) is 50.0 cm³/mol. The van der Waals surface area contributed by atoms with E-state index in [-0.39, 0.29) is 0 Å². The highest BCUT2D eigenvalue weighted by molar-refractivity contribution is 5.04. The maximum atomic E-state index is 3.80. The highest BCUT2D eigenvalue weighted by Gasteiger charge is 1.67. The van der Waals surface area contributed by atoms with E-state index >= 15 is 0 Å². The van der Waals surface area contributed by atoms with Crippen molar-refractivity contribution in [3.05, 3.63) is 47.1 Å². The van der Waals surface area contributed by atoms with Gasteiger partial charge in [0.05, 0.1) is 11.5 Å². The van der Waals surface area contributed by atoms with Crippen molar-refractivity contribution < 1.29 is 0 Å². The molecule has 12 heavy (non-hydrogen) atoms. The van der Waals surface area contributed by atoms with Crippen molar-refractivity contribution in [3.8, 4) is 0 Å². The maximum Gasteiger partial charge on any atom is 0.0785 e. The van der Waals surface area contributed by atoms with E-state index in [1.54, 1.807) is 18.3 Å². The molecule has 0 atom stereocenters. The smallest absolute Gasteiger partial charge is 0.0785 e. The topological polar surface area (TPSA) is 25.8 Å². The van der Waals surface area contributed by atoms with Gasteiger partial charge in [-0.15, -0.1) is 0 Å². The number of nitrogens with zero attached hydrogens (tertiary/aromatic N) is 2. The standard InChI is InChI=1S/C10H10N2/c1-9-5-3-4-6-10(2)12-11-8-7-9/h3-8H,1-2H2. The Hall–Kier alpha value is -1.70. The molecule has 0 bridgehead atoms. The second-order valence-electron chi connectivity index (χ2n) is 2.32. The molecule has 1 rings (SSSR count). The Bertz CT molecular complexity index is 324. The van der Waals surface area contributed by atoms with Crippen LogP contribution < -0.4 is 10.6 Å². The molecule has 0 fully saturated rings. The van der Waals surface area contributed by atoms with Crippen molar-refractivity contribution in [1.29, 1.82) is 0 Å². The predicted octanol–water partition coefficient (Wildman–Crippen LogP) is 0.422. The summed E-state index contributed by atoms with van der Waals surface area (Å²) < 4.78 is 0. The normalized spacial score (nSPS) is 8.67. The largest absolute Gasteiger partial charge is 0.159 e. The van der Waals surface area contributed by atoms with E-state index < -0.39 is 0 Å². The first-order chi connectivity index (χ1) is 5.79. The zero-order valence-electron chi connectivity index (χ0n) is 6.77. The van der Waals surface area contributed by atoms with Gasteiger partial charge in [0.25, 0.3) is 0 Å². The van der Waals surface area contributed by atoms with Crippen molar-refractivity contribution in [1.82, 2.24) is 10.2 Å². The van der Waals surface area contributed by atoms with E-state index in [4.69, 9.17) is 0 Å². The lowest BCUT2D eigenvalue weighted by atomic mass is 10.4. The molecule has 2 heteroatoms. The van der Waals surface area contributed by atoms with Crippen molar-refractivity contribution >= 4 is 13.2 Å². The molecule has 0 unspecified atom stereocenters. The third kappa shape index (κ3) is 2.92. The fourth-order valence-corrected chi connectivity index (χ4v) is 0.671. The first-order valence-electron chi connectivity index (χ1n) is 3.59. The Morgan fingerprint density at radius 1 is 1.00 bits per heavy atom. The second kappa shape index (κ2) is 4.23. The van der Waals surface area contributed by atoms with Crippen molar-refractivity contribution in [3.63, 3.8) is 0 Å². The van der Waals surface area contributed by atoms with Crippen molar-refractivity contribution in [2.75, 3.05) is 0 Å². The molecule has 0 aliphatic rings. The molecule has 0 aliphatic heterocycles. The number of hydrogen-bond donors (Lipinski definition) is 0. The molecule has 0 N–H and O–H groups in total. The Morgan fingerprint density at radius 3 is 2.58 bits per heavy atom. The van der Waals surface area contributed by atoms with Gasteiger partial charge in [0.15, 0.2) is 0 Å². The maximum absolute atomic E-state index is 3.80. The van der Waals surface area contributed by atoms with Gasteiger partial charge in [-0.1, -0.05) is 31.4 Å². The molecule has 1 heterocycles. The van der Waals surface area contributed by atoms with E-state index in [1.807, 2.05) is 18.2 Å². The zero-order chi connectivity index (χ0) is 8.81. The van der Waals surface area contributed by atoms with Crippen LogP contribution in [-0.4, -0.2) is 10.2 Å². The van der Waals surface area contributed by atoms with Gasteiger partial charge in [-0.3, -0.25) is 0 Å². The third-order valence-electron chi connectivity index (χ3n) is 1.25. The highest BCUT2D eigenvalue weighted by atomic mass is 15.1. The van der Waals surface area contributed by atoms with Gasteiger partial charge in [-0.2, -0.15) is 10.2 Å². The second-order valence-corrected chi connectivity index (χ2v) is 2.32. The van der Waals surface area contributed by atoms with Gasteiger partial charge < -0.3 is 0 Å². The summed E-state index contributed by atoms with van der Waals surface area (Å²) in [6.07, 6.45) is 1.59. The summed E-state index contributed by atoms with van der Waals surface area (Å²) in [7, 11) is 0.